The Morgan fingerprint density at radius 3 is 2.17 bits per heavy atom. The van der Waals surface area contributed by atoms with Crippen LogP contribution in [0.1, 0.15) is 0 Å². The van der Waals surface area contributed by atoms with Crippen molar-refractivity contribution in [2.75, 3.05) is 5.32 Å². The van der Waals surface area contributed by atoms with Crippen molar-refractivity contribution in [3.8, 4) is 22.3 Å². The lowest BCUT2D eigenvalue weighted by Gasteiger charge is -2.11. The van der Waals surface area contributed by atoms with Gasteiger partial charge in [0.2, 0.25) is 0 Å². The molecule has 6 aromatic carbocycles. The highest BCUT2D eigenvalue weighted by atomic mass is 32.1. The number of nitrogens with one attached hydrogen (secondary N) is 1. The van der Waals surface area contributed by atoms with Gasteiger partial charge >= 0.3 is 0 Å². The molecule has 0 bridgehead atoms. The van der Waals surface area contributed by atoms with Gasteiger partial charge in [-0.25, -0.2) is 0 Å². The van der Waals surface area contributed by atoms with E-state index in [1.807, 2.05) is 11.3 Å². The molecule has 0 aliphatic carbocycles. The molecule has 7 rings (SSSR count). The second kappa shape index (κ2) is 8.67. The van der Waals surface area contributed by atoms with Crippen molar-refractivity contribution in [1.82, 2.24) is 0 Å². The molecule has 1 nitrogen and oxygen atoms in total. The molecule has 0 amide bonds. The second-order valence-electron chi connectivity index (χ2n) is 9.10. The fourth-order valence-corrected chi connectivity index (χ4v) is 6.36. The maximum absolute atomic E-state index is 3.74. The first-order valence-electron chi connectivity index (χ1n) is 12.2. The van der Waals surface area contributed by atoms with Gasteiger partial charge < -0.3 is 5.32 Å². The van der Waals surface area contributed by atoms with Crippen LogP contribution in [0.3, 0.4) is 0 Å². The minimum Gasteiger partial charge on any atom is -0.355 e. The van der Waals surface area contributed by atoms with E-state index < -0.39 is 0 Å². The van der Waals surface area contributed by atoms with Crippen molar-refractivity contribution in [1.29, 1.82) is 0 Å². The van der Waals surface area contributed by atoms with E-state index in [0.29, 0.717) is 0 Å². The molecule has 0 aliphatic rings. The van der Waals surface area contributed by atoms with Crippen LogP contribution >= 0.6 is 11.3 Å². The number of benzene rings is 6. The summed E-state index contributed by atoms with van der Waals surface area (Å²) in [6.07, 6.45) is 0. The number of rotatable bonds is 4. The molecule has 0 aliphatic heterocycles. The Kier molecular flexibility index (Phi) is 5.04. The molecule has 36 heavy (non-hydrogen) atoms. The van der Waals surface area contributed by atoms with Crippen molar-refractivity contribution in [3.05, 3.63) is 133 Å². The number of thiophene rings is 1. The molecule has 0 unspecified atom stereocenters. The van der Waals surface area contributed by atoms with Gasteiger partial charge in [-0.2, -0.15) is 0 Å². The first-order valence-corrected chi connectivity index (χ1v) is 13.0. The number of anilines is 2. The highest BCUT2D eigenvalue weighted by molar-refractivity contribution is 7.26. The quantitative estimate of drug-likeness (QED) is 0.266. The summed E-state index contributed by atoms with van der Waals surface area (Å²) < 4.78 is 2.63. The molecule has 0 spiro atoms. The van der Waals surface area contributed by atoms with Crippen molar-refractivity contribution in [2.45, 2.75) is 0 Å². The summed E-state index contributed by atoms with van der Waals surface area (Å²) >= 11 is 1.87. The lowest BCUT2D eigenvalue weighted by atomic mass is 10.0. The van der Waals surface area contributed by atoms with Crippen LogP contribution in [-0.2, 0) is 0 Å². The summed E-state index contributed by atoms with van der Waals surface area (Å²) in [5.74, 6) is 0. The average molecular weight is 478 g/mol. The summed E-state index contributed by atoms with van der Waals surface area (Å²) in [6.45, 7) is 0. The third kappa shape index (κ3) is 3.64. The summed E-state index contributed by atoms with van der Waals surface area (Å²) in [5.41, 5.74) is 7.21. The van der Waals surface area contributed by atoms with Crippen LogP contribution in [0.15, 0.2) is 133 Å². The third-order valence-corrected chi connectivity index (χ3v) is 8.04. The van der Waals surface area contributed by atoms with Crippen LogP contribution in [0.4, 0.5) is 11.4 Å². The highest BCUT2D eigenvalue weighted by Crippen LogP contribution is 2.43. The van der Waals surface area contributed by atoms with E-state index in [1.54, 1.807) is 0 Å². The SMILES string of the molecule is c1ccc(-c2cccc3c2sc2cccc(Nc4cccc(-c5ccc6ccccc6c5)c4)c23)cc1. The van der Waals surface area contributed by atoms with E-state index in [4.69, 9.17) is 0 Å². The smallest absolute Gasteiger partial charge is 0.0478 e. The maximum atomic E-state index is 3.74. The van der Waals surface area contributed by atoms with Gasteiger partial charge in [-0.1, -0.05) is 103 Å². The van der Waals surface area contributed by atoms with Crippen LogP contribution in [0.25, 0.3) is 53.2 Å². The van der Waals surface area contributed by atoms with E-state index >= 15 is 0 Å². The van der Waals surface area contributed by atoms with Gasteiger partial charge in [0.05, 0.1) is 0 Å². The predicted octanol–water partition coefficient (Wildman–Crippen LogP) is 10.3. The normalized spacial score (nSPS) is 11.3. The standard InChI is InChI=1S/C34H23NS/c1-2-10-24(11-3-1)29-15-7-16-30-33-31(17-8-18-32(33)36-34(29)30)35-28-14-6-13-26(22-28)27-20-19-23-9-4-5-12-25(23)21-27/h1-22,35H. The van der Waals surface area contributed by atoms with Crippen molar-refractivity contribution in [2.24, 2.45) is 0 Å². The molecule has 7 aromatic rings. The van der Waals surface area contributed by atoms with E-state index in [9.17, 15) is 0 Å². The maximum Gasteiger partial charge on any atom is 0.0478 e. The van der Waals surface area contributed by atoms with Gasteiger partial charge in [0.15, 0.2) is 0 Å². The minimum absolute atomic E-state index is 1.09. The Bertz CT molecular complexity index is 1860. The summed E-state index contributed by atoms with van der Waals surface area (Å²) in [4.78, 5) is 0. The molecule has 1 heterocycles. The average Bonchev–Trinajstić information content (AvgIpc) is 3.33. The molecule has 1 aromatic heterocycles. The Morgan fingerprint density at radius 1 is 0.500 bits per heavy atom. The molecule has 0 saturated carbocycles. The van der Waals surface area contributed by atoms with E-state index in [1.165, 1.54) is 53.2 Å². The second-order valence-corrected chi connectivity index (χ2v) is 10.1. The van der Waals surface area contributed by atoms with Crippen molar-refractivity contribution >= 4 is 53.7 Å². The highest BCUT2D eigenvalue weighted by Gasteiger charge is 2.13. The number of hydrogen-bond donors (Lipinski definition) is 1. The molecule has 1 N–H and O–H groups in total. The Balaban J connectivity index is 1.31. The monoisotopic (exact) mass is 477 g/mol. The molecule has 0 fully saturated rings. The summed E-state index contributed by atoms with van der Waals surface area (Å²) in [6, 6.07) is 47.8. The van der Waals surface area contributed by atoms with Crippen LogP contribution in [0.5, 0.6) is 0 Å². The van der Waals surface area contributed by atoms with E-state index in [0.717, 1.165) is 11.4 Å². The van der Waals surface area contributed by atoms with E-state index in [-0.39, 0.29) is 0 Å². The molecular weight excluding hydrogens is 454 g/mol. The Hall–Kier alpha value is -4.40. The van der Waals surface area contributed by atoms with Crippen LogP contribution < -0.4 is 5.32 Å². The van der Waals surface area contributed by atoms with Crippen LogP contribution in [0.2, 0.25) is 0 Å². The molecule has 170 valence electrons. The topological polar surface area (TPSA) is 12.0 Å². The number of hydrogen-bond acceptors (Lipinski definition) is 2. The zero-order chi connectivity index (χ0) is 23.9. The Morgan fingerprint density at radius 2 is 1.25 bits per heavy atom. The van der Waals surface area contributed by atoms with E-state index in [2.05, 4.69) is 139 Å². The predicted molar refractivity (Wildman–Crippen MR) is 157 cm³/mol. The molecule has 0 radical (unpaired) electrons. The minimum atomic E-state index is 1.09. The van der Waals surface area contributed by atoms with Gasteiger partial charge in [-0.3, -0.25) is 0 Å². The summed E-state index contributed by atoms with van der Waals surface area (Å²) in [7, 11) is 0. The fourth-order valence-electron chi connectivity index (χ4n) is 5.10. The zero-order valence-corrected chi connectivity index (χ0v) is 20.4. The van der Waals surface area contributed by atoms with Crippen LogP contribution in [0, 0.1) is 0 Å². The fraction of sp³-hybridized carbons (Fsp3) is 0. The van der Waals surface area contributed by atoms with Gasteiger partial charge in [0, 0.05) is 31.5 Å². The largest absolute Gasteiger partial charge is 0.355 e. The van der Waals surface area contributed by atoms with Crippen molar-refractivity contribution < 1.29 is 0 Å². The zero-order valence-electron chi connectivity index (χ0n) is 19.6. The van der Waals surface area contributed by atoms with Gasteiger partial charge in [-0.15, -0.1) is 11.3 Å². The molecule has 0 atom stereocenters. The molecular formula is C34H23NS. The Labute approximate surface area is 214 Å². The van der Waals surface area contributed by atoms with Gasteiger partial charge in [-0.05, 0) is 63.4 Å². The van der Waals surface area contributed by atoms with Gasteiger partial charge in [0.1, 0.15) is 0 Å². The lowest BCUT2D eigenvalue weighted by molar-refractivity contribution is 1.57. The molecule has 0 saturated heterocycles. The summed E-state index contributed by atoms with van der Waals surface area (Å²) in [5, 5.41) is 8.84. The first kappa shape index (κ1) is 20.9. The third-order valence-electron chi connectivity index (χ3n) is 6.83. The van der Waals surface area contributed by atoms with Gasteiger partial charge in [0.25, 0.3) is 0 Å². The lowest BCUT2D eigenvalue weighted by Crippen LogP contribution is -1.91. The first-order chi connectivity index (χ1) is 17.8. The number of fused-ring (bicyclic) bond motifs is 4. The molecule has 2 heteroatoms. The van der Waals surface area contributed by atoms with Crippen molar-refractivity contribution in [3.63, 3.8) is 0 Å². The van der Waals surface area contributed by atoms with Crippen LogP contribution in [-0.4, -0.2) is 0 Å².